The molecule has 1 aliphatic rings. The monoisotopic (exact) mass is 223 g/mol. The second-order valence-corrected chi connectivity index (χ2v) is 4.75. The normalized spacial score (nSPS) is 22.8. The van der Waals surface area contributed by atoms with Gasteiger partial charge in [-0.15, -0.1) is 0 Å². The number of nitrogens with two attached hydrogens (primary N) is 1. The van der Waals surface area contributed by atoms with Crippen LogP contribution in [0.4, 0.5) is 11.5 Å². The van der Waals surface area contributed by atoms with Gasteiger partial charge in [0.15, 0.2) is 5.82 Å². The Kier molecular flexibility index (Phi) is 2.80. The smallest absolute Gasteiger partial charge is 0.150 e. The molecular formula is C11H21N5. The van der Waals surface area contributed by atoms with Gasteiger partial charge in [0.05, 0.1) is 11.4 Å². The number of hydrogen-bond donors (Lipinski definition) is 1. The summed E-state index contributed by atoms with van der Waals surface area (Å²) in [5, 5.41) is 4.38. The van der Waals surface area contributed by atoms with Gasteiger partial charge in [-0.3, -0.25) is 4.68 Å². The van der Waals surface area contributed by atoms with Crippen LogP contribution in [0.3, 0.4) is 0 Å². The zero-order valence-corrected chi connectivity index (χ0v) is 10.6. The number of hydrogen-bond acceptors (Lipinski definition) is 4. The maximum absolute atomic E-state index is 6.09. The Hall–Kier alpha value is -1.23. The average Bonchev–Trinajstić information content (AvgIpc) is 2.43. The molecule has 16 heavy (non-hydrogen) atoms. The predicted octanol–water partition coefficient (Wildman–Crippen LogP) is 0.451. The van der Waals surface area contributed by atoms with Crippen LogP contribution in [0.15, 0.2) is 0 Å². The van der Waals surface area contributed by atoms with Crippen molar-refractivity contribution >= 4 is 11.5 Å². The summed E-state index contributed by atoms with van der Waals surface area (Å²) in [6.45, 7) is 7.36. The molecule has 1 aliphatic heterocycles. The second-order valence-electron chi connectivity index (χ2n) is 4.75. The molecule has 1 fully saturated rings. The molecule has 1 atom stereocenters. The molecule has 5 nitrogen and oxygen atoms in total. The van der Waals surface area contributed by atoms with Gasteiger partial charge in [-0.1, -0.05) is 0 Å². The van der Waals surface area contributed by atoms with E-state index in [0.29, 0.717) is 6.04 Å². The van der Waals surface area contributed by atoms with Crippen molar-refractivity contribution < 1.29 is 0 Å². The maximum Gasteiger partial charge on any atom is 0.150 e. The summed E-state index contributed by atoms with van der Waals surface area (Å²) < 4.78 is 1.90. The van der Waals surface area contributed by atoms with Gasteiger partial charge in [0.25, 0.3) is 0 Å². The largest absolute Gasteiger partial charge is 0.394 e. The molecule has 1 unspecified atom stereocenters. The van der Waals surface area contributed by atoms with Gasteiger partial charge < -0.3 is 15.5 Å². The van der Waals surface area contributed by atoms with Gasteiger partial charge in [0.2, 0.25) is 0 Å². The molecule has 1 aromatic heterocycles. The van der Waals surface area contributed by atoms with Crippen molar-refractivity contribution in [3.8, 4) is 0 Å². The summed E-state index contributed by atoms with van der Waals surface area (Å²) in [6.07, 6.45) is 0. The molecule has 0 aliphatic carbocycles. The molecule has 2 heterocycles. The minimum absolute atomic E-state index is 0.482. The summed E-state index contributed by atoms with van der Waals surface area (Å²) in [7, 11) is 4.12. The lowest BCUT2D eigenvalue weighted by molar-refractivity contribution is 0.273. The molecule has 0 bridgehead atoms. The molecule has 2 rings (SSSR count). The van der Waals surface area contributed by atoms with Crippen LogP contribution in [-0.4, -0.2) is 47.4 Å². The minimum Gasteiger partial charge on any atom is -0.394 e. The number of nitrogens with zero attached hydrogens (tertiary/aromatic N) is 4. The van der Waals surface area contributed by atoms with E-state index in [1.54, 1.807) is 0 Å². The van der Waals surface area contributed by atoms with Gasteiger partial charge in [0, 0.05) is 32.7 Å². The lowest BCUT2D eigenvalue weighted by atomic mass is 10.2. The van der Waals surface area contributed by atoms with E-state index in [9.17, 15) is 0 Å². The van der Waals surface area contributed by atoms with E-state index in [4.69, 9.17) is 5.73 Å². The van der Waals surface area contributed by atoms with Crippen LogP contribution < -0.4 is 10.6 Å². The molecule has 0 amide bonds. The van der Waals surface area contributed by atoms with Crippen LogP contribution in [0, 0.1) is 6.92 Å². The summed E-state index contributed by atoms with van der Waals surface area (Å²) >= 11 is 0. The molecule has 2 N–H and O–H groups in total. The van der Waals surface area contributed by atoms with Crippen LogP contribution in [0.25, 0.3) is 0 Å². The fourth-order valence-electron chi connectivity index (χ4n) is 2.46. The Labute approximate surface area is 96.8 Å². The SMILES string of the molecule is Cc1nn(C)c(N2CCN(C)CC2C)c1N. The standard InChI is InChI=1S/C11H21N5/c1-8-7-14(3)5-6-16(8)11-10(12)9(2)13-15(11)4/h8H,5-7,12H2,1-4H3. The zero-order valence-electron chi connectivity index (χ0n) is 10.6. The first-order valence-corrected chi connectivity index (χ1v) is 5.75. The van der Waals surface area contributed by atoms with Crippen LogP contribution in [0.1, 0.15) is 12.6 Å². The quantitative estimate of drug-likeness (QED) is 0.751. The number of likely N-dealkylation sites (N-methyl/N-ethyl adjacent to an activating group) is 1. The third-order valence-electron chi connectivity index (χ3n) is 3.34. The first kappa shape index (κ1) is 11.3. The molecule has 0 aromatic carbocycles. The topological polar surface area (TPSA) is 50.3 Å². The third kappa shape index (κ3) is 1.75. The van der Waals surface area contributed by atoms with E-state index >= 15 is 0 Å². The van der Waals surface area contributed by atoms with Gasteiger partial charge in [-0.2, -0.15) is 5.10 Å². The van der Waals surface area contributed by atoms with Crippen LogP contribution in [-0.2, 0) is 7.05 Å². The lowest BCUT2D eigenvalue weighted by Crippen LogP contribution is -2.51. The number of nitrogen functional groups attached to an aromatic ring is 1. The fourth-order valence-corrected chi connectivity index (χ4v) is 2.46. The highest BCUT2D eigenvalue weighted by molar-refractivity contribution is 5.66. The number of piperazine rings is 1. The summed E-state index contributed by atoms with van der Waals surface area (Å²) in [4.78, 5) is 4.70. The number of aromatic nitrogens is 2. The first-order chi connectivity index (χ1) is 7.50. The Morgan fingerprint density at radius 1 is 1.31 bits per heavy atom. The van der Waals surface area contributed by atoms with Crippen molar-refractivity contribution in [3.05, 3.63) is 5.69 Å². The number of anilines is 2. The summed E-state index contributed by atoms with van der Waals surface area (Å²) in [5.41, 5.74) is 7.83. The van der Waals surface area contributed by atoms with E-state index < -0.39 is 0 Å². The fraction of sp³-hybridized carbons (Fsp3) is 0.727. The molecular weight excluding hydrogens is 202 g/mol. The van der Waals surface area contributed by atoms with Crippen LogP contribution in [0.5, 0.6) is 0 Å². The highest BCUT2D eigenvalue weighted by atomic mass is 15.4. The molecule has 90 valence electrons. The second kappa shape index (κ2) is 3.97. The van der Waals surface area contributed by atoms with Crippen molar-refractivity contribution in [1.29, 1.82) is 0 Å². The van der Waals surface area contributed by atoms with E-state index in [-0.39, 0.29) is 0 Å². The summed E-state index contributed by atoms with van der Waals surface area (Å²) in [5.74, 6) is 1.07. The van der Waals surface area contributed by atoms with E-state index in [1.165, 1.54) is 0 Å². The summed E-state index contributed by atoms with van der Waals surface area (Å²) in [6, 6.07) is 0.482. The Morgan fingerprint density at radius 3 is 2.50 bits per heavy atom. The molecule has 0 radical (unpaired) electrons. The van der Waals surface area contributed by atoms with Gasteiger partial charge in [0.1, 0.15) is 0 Å². The minimum atomic E-state index is 0.482. The van der Waals surface area contributed by atoms with E-state index in [1.807, 2.05) is 18.7 Å². The van der Waals surface area contributed by atoms with Crippen LogP contribution >= 0.6 is 0 Å². The van der Waals surface area contributed by atoms with Crippen LogP contribution in [0.2, 0.25) is 0 Å². The highest BCUT2D eigenvalue weighted by Crippen LogP contribution is 2.28. The molecule has 1 saturated heterocycles. The Morgan fingerprint density at radius 2 is 2.00 bits per heavy atom. The van der Waals surface area contributed by atoms with Gasteiger partial charge >= 0.3 is 0 Å². The highest BCUT2D eigenvalue weighted by Gasteiger charge is 2.26. The average molecular weight is 223 g/mol. The van der Waals surface area contributed by atoms with Crippen molar-refractivity contribution in [2.24, 2.45) is 7.05 Å². The molecule has 5 heteroatoms. The van der Waals surface area contributed by atoms with Gasteiger partial charge in [-0.05, 0) is 20.9 Å². The van der Waals surface area contributed by atoms with Gasteiger partial charge in [-0.25, -0.2) is 0 Å². The van der Waals surface area contributed by atoms with Crippen molar-refractivity contribution in [2.45, 2.75) is 19.9 Å². The van der Waals surface area contributed by atoms with E-state index in [2.05, 4.69) is 28.9 Å². The molecule has 0 spiro atoms. The molecule has 1 aromatic rings. The Balaban J connectivity index is 2.30. The predicted molar refractivity (Wildman–Crippen MR) is 66.7 cm³/mol. The first-order valence-electron chi connectivity index (χ1n) is 5.75. The molecule has 0 saturated carbocycles. The third-order valence-corrected chi connectivity index (χ3v) is 3.34. The van der Waals surface area contributed by atoms with E-state index in [0.717, 1.165) is 36.8 Å². The van der Waals surface area contributed by atoms with Crippen molar-refractivity contribution in [1.82, 2.24) is 14.7 Å². The lowest BCUT2D eigenvalue weighted by Gasteiger charge is -2.39. The van der Waals surface area contributed by atoms with Crippen molar-refractivity contribution in [2.75, 3.05) is 37.3 Å². The zero-order chi connectivity index (χ0) is 11.9. The Bertz CT molecular complexity index is 384. The van der Waals surface area contributed by atoms with Crippen molar-refractivity contribution in [3.63, 3.8) is 0 Å². The number of aryl methyl sites for hydroxylation is 2. The number of rotatable bonds is 1. The maximum atomic E-state index is 6.09.